The van der Waals surface area contributed by atoms with Gasteiger partial charge in [-0.05, 0) is 32.1 Å². The molecule has 0 radical (unpaired) electrons. The summed E-state index contributed by atoms with van der Waals surface area (Å²) in [6.07, 6.45) is 38.8. The van der Waals surface area contributed by atoms with E-state index in [4.69, 9.17) is 14.2 Å². The van der Waals surface area contributed by atoms with Crippen molar-refractivity contribution >= 4 is 17.9 Å². The molecule has 8 nitrogen and oxygen atoms in total. The van der Waals surface area contributed by atoms with E-state index in [-0.39, 0.29) is 42.7 Å². The lowest BCUT2D eigenvalue weighted by Gasteiger charge is -2.34. The lowest BCUT2D eigenvalue weighted by atomic mass is 10.0. The van der Waals surface area contributed by atoms with Gasteiger partial charge in [-0.25, -0.2) is 0 Å². The molecule has 0 fully saturated rings. The van der Waals surface area contributed by atoms with Crippen molar-refractivity contribution in [2.45, 2.75) is 187 Å². The summed E-state index contributed by atoms with van der Waals surface area (Å²) in [6.45, 7) is 4.51. The maximum absolute atomic E-state index is 12.7. The molecule has 0 saturated heterocycles. The number of quaternary nitrogens is 1. The van der Waals surface area contributed by atoms with Gasteiger partial charge in [-0.3, -0.25) is 9.59 Å². The normalized spacial score (nSPS) is 13.3. The third kappa shape index (κ3) is 33.4. The summed E-state index contributed by atoms with van der Waals surface area (Å²) in [4.78, 5) is 36.8. The van der Waals surface area contributed by atoms with Gasteiger partial charge >= 0.3 is 11.9 Å². The van der Waals surface area contributed by atoms with Crippen LogP contribution in [0.3, 0.4) is 0 Å². The number of hydrogen-bond donors (Lipinski definition) is 0. The molecule has 0 aliphatic rings. The van der Waals surface area contributed by atoms with Gasteiger partial charge in [-0.1, -0.05) is 159 Å². The van der Waals surface area contributed by atoms with Gasteiger partial charge in [0.2, 0.25) is 0 Å². The van der Waals surface area contributed by atoms with E-state index in [0.717, 1.165) is 64.2 Å². The van der Waals surface area contributed by atoms with E-state index >= 15 is 0 Å². The molecule has 2 unspecified atom stereocenters. The number of likely N-dealkylation sites (N-methyl/N-ethyl adjacent to an activating group) is 1. The topological polar surface area (TPSA) is 102 Å². The molecule has 0 aromatic heterocycles. The third-order valence-electron chi connectivity index (χ3n) is 9.35. The predicted octanol–water partition coefficient (Wildman–Crippen LogP) is 9.74. The van der Waals surface area contributed by atoms with Crippen LogP contribution >= 0.6 is 0 Å². The first kappa shape index (κ1) is 49.6. The molecule has 0 aliphatic heterocycles. The van der Waals surface area contributed by atoms with Crippen LogP contribution in [0.15, 0.2) is 36.5 Å². The quantitative estimate of drug-likeness (QED) is 0.0271. The lowest BCUT2D eigenvalue weighted by molar-refractivity contribution is -0.889. The van der Waals surface area contributed by atoms with E-state index in [2.05, 4.69) is 44.2 Å². The molecular formula is C44H79NO7. The minimum atomic E-state index is -1.13. The summed E-state index contributed by atoms with van der Waals surface area (Å²) in [6, 6.07) is -0.726. The van der Waals surface area contributed by atoms with Crippen molar-refractivity contribution in [3.8, 4) is 0 Å². The van der Waals surface area contributed by atoms with Crippen molar-refractivity contribution < 1.29 is 38.2 Å². The van der Waals surface area contributed by atoms with Crippen LogP contribution in [0.25, 0.3) is 0 Å². The maximum Gasteiger partial charge on any atom is 0.306 e. The van der Waals surface area contributed by atoms with E-state index in [1.54, 1.807) is 21.1 Å². The van der Waals surface area contributed by atoms with Crippen LogP contribution in [0.1, 0.15) is 174 Å². The molecule has 0 aromatic rings. The Morgan fingerprint density at radius 2 is 1.08 bits per heavy atom. The van der Waals surface area contributed by atoms with Gasteiger partial charge in [-0.2, -0.15) is 0 Å². The number of carboxylic acid groups (broad SMARTS) is 1. The first-order valence-electron chi connectivity index (χ1n) is 21.0. The van der Waals surface area contributed by atoms with Crippen LogP contribution in [-0.2, 0) is 28.6 Å². The number of carbonyl (C=O) groups excluding carboxylic acids is 3. The highest BCUT2D eigenvalue weighted by Gasteiger charge is 2.25. The first-order valence-corrected chi connectivity index (χ1v) is 21.0. The molecule has 52 heavy (non-hydrogen) atoms. The van der Waals surface area contributed by atoms with Crippen LogP contribution in [0.2, 0.25) is 0 Å². The minimum absolute atomic E-state index is 0.0362. The molecule has 2 atom stereocenters. The van der Waals surface area contributed by atoms with Crippen LogP contribution in [0.5, 0.6) is 0 Å². The fourth-order valence-corrected chi connectivity index (χ4v) is 6.07. The van der Waals surface area contributed by atoms with Gasteiger partial charge in [-0.15, -0.1) is 0 Å². The summed E-state index contributed by atoms with van der Waals surface area (Å²) in [5.74, 6) is -1.76. The number of rotatable bonds is 37. The fourth-order valence-electron chi connectivity index (χ4n) is 6.07. The van der Waals surface area contributed by atoms with Gasteiger partial charge in [0, 0.05) is 19.3 Å². The monoisotopic (exact) mass is 734 g/mol. The van der Waals surface area contributed by atoms with Crippen molar-refractivity contribution in [2.75, 3.05) is 41.0 Å². The van der Waals surface area contributed by atoms with Crippen molar-refractivity contribution in [1.29, 1.82) is 0 Å². The van der Waals surface area contributed by atoms with Crippen LogP contribution in [0, 0.1) is 0 Å². The zero-order chi connectivity index (χ0) is 38.5. The molecule has 0 heterocycles. The smallest absolute Gasteiger partial charge is 0.306 e. The Balaban J connectivity index is 4.38. The molecule has 8 heteroatoms. The standard InChI is InChI=1S/C44H79NO7/c1-6-8-10-12-14-16-18-20-21-23-25-27-29-31-33-35-43(47)52-40(38-50-37-36-41(44(48)49)45(3,4)5)39-51-42(46)34-32-30-28-26-24-22-19-17-15-13-11-9-7-2/h9,11,13,15,17,19,40-41H,6-8,10,12,14,16,18,20-39H2,1-5H3/b11-9+,15-13+,19-17+. The largest absolute Gasteiger partial charge is 0.544 e. The average Bonchev–Trinajstić information content (AvgIpc) is 3.09. The summed E-state index contributed by atoms with van der Waals surface area (Å²) in [5.41, 5.74) is 0. The summed E-state index contributed by atoms with van der Waals surface area (Å²) in [5, 5.41) is 11.6. The predicted molar refractivity (Wildman–Crippen MR) is 213 cm³/mol. The highest BCUT2D eigenvalue weighted by atomic mass is 16.6. The number of allylic oxidation sites excluding steroid dienone is 6. The zero-order valence-electron chi connectivity index (χ0n) is 34.2. The SMILES string of the molecule is CC/C=C/C=C/C=C/CCCCCCCC(=O)OCC(COCCC(C(=O)[O-])[N+](C)(C)C)OC(=O)CCCCCCCCCCCCCCCCC. The number of carboxylic acids is 1. The van der Waals surface area contributed by atoms with Crippen molar-refractivity contribution in [2.24, 2.45) is 0 Å². The van der Waals surface area contributed by atoms with E-state index in [0.29, 0.717) is 12.8 Å². The molecule has 0 aliphatic carbocycles. The summed E-state index contributed by atoms with van der Waals surface area (Å²) >= 11 is 0. The van der Waals surface area contributed by atoms with Crippen LogP contribution in [-0.4, -0.2) is 75.5 Å². The van der Waals surface area contributed by atoms with E-state index in [9.17, 15) is 19.5 Å². The van der Waals surface area contributed by atoms with E-state index in [1.807, 2.05) is 6.08 Å². The Morgan fingerprint density at radius 1 is 0.596 bits per heavy atom. The fraction of sp³-hybridized carbons (Fsp3) is 0.795. The summed E-state index contributed by atoms with van der Waals surface area (Å²) < 4.78 is 17.1. The third-order valence-corrected chi connectivity index (χ3v) is 9.35. The number of esters is 2. The van der Waals surface area contributed by atoms with Crippen molar-refractivity contribution in [1.82, 2.24) is 0 Å². The van der Waals surface area contributed by atoms with Gasteiger partial charge in [0.25, 0.3) is 0 Å². The molecule has 0 N–H and O–H groups in total. The number of carbonyl (C=O) groups is 3. The highest BCUT2D eigenvalue weighted by Crippen LogP contribution is 2.15. The maximum atomic E-state index is 12.7. The molecule has 0 rings (SSSR count). The summed E-state index contributed by atoms with van der Waals surface area (Å²) in [7, 11) is 5.40. The average molecular weight is 734 g/mol. The second kappa shape index (κ2) is 35.6. The van der Waals surface area contributed by atoms with Gasteiger partial charge in [0.15, 0.2) is 6.10 Å². The molecule has 0 bridgehead atoms. The second-order valence-corrected chi connectivity index (χ2v) is 15.3. The molecule has 0 spiro atoms. The van der Waals surface area contributed by atoms with E-state index < -0.39 is 18.1 Å². The van der Waals surface area contributed by atoms with Crippen LogP contribution < -0.4 is 5.11 Å². The van der Waals surface area contributed by atoms with Gasteiger partial charge in [0.1, 0.15) is 12.6 Å². The van der Waals surface area contributed by atoms with Gasteiger partial charge < -0.3 is 28.6 Å². The molecule has 0 amide bonds. The van der Waals surface area contributed by atoms with Crippen molar-refractivity contribution in [3.05, 3.63) is 36.5 Å². The number of nitrogens with zero attached hydrogens (tertiary/aromatic N) is 1. The van der Waals surface area contributed by atoms with Crippen molar-refractivity contribution in [3.63, 3.8) is 0 Å². The molecule has 302 valence electrons. The lowest BCUT2D eigenvalue weighted by Crippen LogP contribution is -2.55. The van der Waals surface area contributed by atoms with Crippen LogP contribution in [0.4, 0.5) is 0 Å². The second-order valence-electron chi connectivity index (χ2n) is 15.3. The molecule has 0 saturated carbocycles. The van der Waals surface area contributed by atoms with Gasteiger partial charge in [0.05, 0.1) is 40.3 Å². The van der Waals surface area contributed by atoms with E-state index in [1.165, 1.54) is 77.0 Å². The molecule has 0 aromatic carbocycles. The Morgan fingerprint density at radius 3 is 1.58 bits per heavy atom. The molecular weight excluding hydrogens is 654 g/mol. The zero-order valence-corrected chi connectivity index (χ0v) is 34.2. The number of hydrogen-bond acceptors (Lipinski definition) is 7. The number of ether oxygens (including phenoxy) is 3. The minimum Gasteiger partial charge on any atom is -0.544 e. The Bertz CT molecular complexity index is 953. The Kier molecular flexibility index (Phi) is 33.9. The number of aliphatic carboxylic acids is 1. The Labute approximate surface area is 319 Å². The highest BCUT2D eigenvalue weighted by molar-refractivity contribution is 5.70. The first-order chi connectivity index (χ1) is 25.1. The number of unbranched alkanes of at least 4 members (excludes halogenated alkanes) is 19. The Hall–Kier alpha value is -2.45.